The van der Waals surface area contributed by atoms with Crippen molar-refractivity contribution in [3.63, 3.8) is 0 Å². The zero-order chi connectivity index (χ0) is 11.4. The molecule has 0 saturated carbocycles. The van der Waals surface area contributed by atoms with Gasteiger partial charge >= 0.3 is 0 Å². The number of imidazole rings is 1. The van der Waals surface area contributed by atoms with E-state index in [-0.39, 0.29) is 0 Å². The van der Waals surface area contributed by atoms with Crippen LogP contribution >= 0.6 is 11.8 Å². The number of benzene rings is 1. The molecule has 0 amide bonds. The third kappa shape index (κ3) is 2.22. The molecule has 1 heterocycles. The van der Waals surface area contributed by atoms with Crippen molar-refractivity contribution in [1.29, 1.82) is 0 Å². The van der Waals surface area contributed by atoms with Gasteiger partial charge in [-0.2, -0.15) is 11.8 Å². The number of aromatic nitrogens is 2. The summed E-state index contributed by atoms with van der Waals surface area (Å²) in [7, 11) is 1.69. The van der Waals surface area contributed by atoms with E-state index in [0.717, 1.165) is 22.9 Å². The lowest BCUT2D eigenvalue weighted by molar-refractivity contribution is 0.414. The second-order valence-electron chi connectivity index (χ2n) is 3.39. The van der Waals surface area contributed by atoms with Crippen LogP contribution in [-0.2, 0) is 5.75 Å². The van der Waals surface area contributed by atoms with E-state index in [4.69, 9.17) is 4.74 Å². The molecule has 16 heavy (non-hydrogen) atoms. The number of hydrogen-bond donors (Lipinski definition) is 1. The number of nitrogens with one attached hydrogen (secondary N) is 1. The molecule has 0 aliphatic rings. The molecule has 84 valence electrons. The van der Waals surface area contributed by atoms with Gasteiger partial charge in [-0.1, -0.05) is 0 Å². The summed E-state index contributed by atoms with van der Waals surface area (Å²) >= 11 is 1.79. The van der Waals surface area contributed by atoms with Crippen molar-refractivity contribution in [2.24, 2.45) is 0 Å². The molecule has 0 atom stereocenters. The Labute approximate surface area is 99.2 Å². The number of aromatic amines is 1. The van der Waals surface area contributed by atoms with Gasteiger partial charge in [0.15, 0.2) is 0 Å². The standard InChI is InChI=1S/C12H14N2OS/c1-15-10-3-4-11(9(7-10)8-16-2)12-13-5-6-14-12/h3-7H,8H2,1-2H3,(H,13,14). The number of methoxy groups -OCH3 is 1. The van der Waals surface area contributed by atoms with Gasteiger partial charge in [0.1, 0.15) is 11.6 Å². The highest BCUT2D eigenvalue weighted by molar-refractivity contribution is 7.97. The summed E-state index contributed by atoms with van der Waals surface area (Å²) in [6.07, 6.45) is 5.69. The van der Waals surface area contributed by atoms with E-state index in [1.165, 1.54) is 5.56 Å². The maximum Gasteiger partial charge on any atom is 0.137 e. The maximum atomic E-state index is 5.23. The van der Waals surface area contributed by atoms with Crippen LogP contribution in [-0.4, -0.2) is 23.3 Å². The minimum absolute atomic E-state index is 0.888. The zero-order valence-electron chi connectivity index (χ0n) is 9.36. The lowest BCUT2D eigenvalue weighted by atomic mass is 10.1. The molecule has 1 aromatic heterocycles. The molecule has 0 aliphatic heterocycles. The van der Waals surface area contributed by atoms with Crippen LogP contribution in [0.2, 0.25) is 0 Å². The van der Waals surface area contributed by atoms with Crippen molar-refractivity contribution in [3.05, 3.63) is 36.2 Å². The van der Waals surface area contributed by atoms with E-state index in [9.17, 15) is 0 Å². The number of nitrogens with zero attached hydrogens (tertiary/aromatic N) is 1. The van der Waals surface area contributed by atoms with Crippen LogP contribution in [0.1, 0.15) is 5.56 Å². The first kappa shape index (κ1) is 11.1. The van der Waals surface area contributed by atoms with E-state index in [1.54, 1.807) is 25.1 Å². The van der Waals surface area contributed by atoms with Gasteiger partial charge < -0.3 is 9.72 Å². The highest BCUT2D eigenvalue weighted by Gasteiger charge is 2.08. The van der Waals surface area contributed by atoms with Crippen molar-refractivity contribution < 1.29 is 4.74 Å². The predicted molar refractivity (Wildman–Crippen MR) is 67.8 cm³/mol. The van der Waals surface area contributed by atoms with Crippen LogP contribution in [0.5, 0.6) is 5.75 Å². The van der Waals surface area contributed by atoms with Crippen LogP contribution in [0, 0.1) is 0 Å². The molecule has 2 rings (SSSR count). The third-order valence-corrected chi connectivity index (χ3v) is 2.97. The molecule has 0 aliphatic carbocycles. The highest BCUT2D eigenvalue weighted by atomic mass is 32.2. The van der Waals surface area contributed by atoms with Gasteiger partial charge in [0.05, 0.1) is 7.11 Å². The van der Waals surface area contributed by atoms with E-state index >= 15 is 0 Å². The molecule has 2 aromatic rings. The summed E-state index contributed by atoms with van der Waals surface area (Å²) in [5, 5.41) is 0. The molecule has 0 bridgehead atoms. The average molecular weight is 234 g/mol. The second-order valence-corrected chi connectivity index (χ2v) is 4.26. The minimum atomic E-state index is 0.888. The van der Waals surface area contributed by atoms with E-state index in [1.807, 2.05) is 18.3 Å². The molecule has 1 aromatic carbocycles. The van der Waals surface area contributed by atoms with E-state index < -0.39 is 0 Å². The van der Waals surface area contributed by atoms with Crippen LogP contribution < -0.4 is 4.74 Å². The largest absolute Gasteiger partial charge is 0.497 e. The van der Waals surface area contributed by atoms with Crippen LogP contribution in [0.15, 0.2) is 30.6 Å². The molecule has 1 N–H and O–H groups in total. The van der Waals surface area contributed by atoms with Gasteiger partial charge in [-0.05, 0) is 30.0 Å². The Kier molecular flexibility index (Phi) is 3.51. The Bertz CT molecular complexity index is 454. The molecule has 0 spiro atoms. The molecule has 0 saturated heterocycles. The summed E-state index contributed by atoms with van der Waals surface area (Å²) in [5.41, 5.74) is 2.38. The molecular weight excluding hydrogens is 220 g/mol. The van der Waals surface area contributed by atoms with Gasteiger partial charge in [-0.15, -0.1) is 0 Å². The molecule has 3 nitrogen and oxygen atoms in total. The lowest BCUT2D eigenvalue weighted by Gasteiger charge is -2.08. The molecule has 0 fully saturated rings. The van der Waals surface area contributed by atoms with Gasteiger partial charge in [0.25, 0.3) is 0 Å². The maximum absolute atomic E-state index is 5.23. The van der Waals surface area contributed by atoms with Crippen LogP contribution in [0.3, 0.4) is 0 Å². The number of thioether (sulfide) groups is 1. The van der Waals surface area contributed by atoms with Gasteiger partial charge in [-0.3, -0.25) is 0 Å². The fourth-order valence-electron chi connectivity index (χ4n) is 1.62. The Hall–Kier alpha value is -1.42. The van der Waals surface area contributed by atoms with Crippen molar-refractivity contribution in [1.82, 2.24) is 9.97 Å². The molecule has 0 unspecified atom stereocenters. The van der Waals surface area contributed by atoms with E-state index in [0.29, 0.717) is 0 Å². The topological polar surface area (TPSA) is 37.9 Å². The van der Waals surface area contributed by atoms with Crippen molar-refractivity contribution >= 4 is 11.8 Å². The third-order valence-electron chi connectivity index (χ3n) is 2.37. The number of ether oxygens (including phenoxy) is 1. The Morgan fingerprint density at radius 1 is 1.44 bits per heavy atom. The first-order valence-electron chi connectivity index (χ1n) is 5.00. The predicted octanol–water partition coefficient (Wildman–Crippen LogP) is 2.95. The summed E-state index contributed by atoms with van der Waals surface area (Å²) in [5.74, 6) is 2.75. The Morgan fingerprint density at radius 2 is 2.31 bits per heavy atom. The Morgan fingerprint density at radius 3 is 2.94 bits per heavy atom. The summed E-state index contributed by atoms with van der Waals surface area (Å²) in [6.45, 7) is 0. The molecular formula is C12H14N2OS. The molecule has 0 radical (unpaired) electrons. The summed E-state index contributed by atoms with van der Waals surface area (Å²) in [4.78, 5) is 7.41. The highest BCUT2D eigenvalue weighted by Crippen LogP contribution is 2.27. The van der Waals surface area contributed by atoms with Crippen molar-refractivity contribution in [3.8, 4) is 17.1 Å². The van der Waals surface area contributed by atoms with Crippen LogP contribution in [0.25, 0.3) is 11.4 Å². The zero-order valence-corrected chi connectivity index (χ0v) is 10.2. The summed E-state index contributed by atoms with van der Waals surface area (Å²) < 4.78 is 5.23. The number of hydrogen-bond acceptors (Lipinski definition) is 3. The van der Waals surface area contributed by atoms with Gasteiger partial charge in [0, 0.05) is 23.7 Å². The first-order chi connectivity index (χ1) is 7.85. The van der Waals surface area contributed by atoms with Gasteiger partial charge in [0.2, 0.25) is 0 Å². The monoisotopic (exact) mass is 234 g/mol. The number of rotatable bonds is 4. The van der Waals surface area contributed by atoms with Crippen molar-refractivity contribution in [2.75, 3.05) is 13.4 Å². The number of H-pyrrole nitrogens is 1. The smallest absolute Gasteiger partial charge is 0.137 e. The normalized spacial score (nSPS) is 10.4. The van der Waals surface area contributed by atoms with Crippen molar-refractivity contribution in [2.45, 2.75) is 5.75 Å². The Balaban J connectivity index is 2.44. The SMILES string of the molecule is COc1ccc(-c2ncc[nH]2)c(CSC)c1. The van der Waals surface area contributed by atoms with E-state index in [2.05, 4.69) is 22.3 Å². The summed E-state index contributed by atoms with van der Waals surface area (Å²) in [6, 6.07) is 6.07. The minimum Gasteiger partial charge on any atom is -0.497 e. The second kappa shape index (κ2) is 5.07. The quantitative estimate of drug-likeness (QED) is 0.883. The fraction of sp³-hybridized carbons (Fsp3) is 0.250. The first-order valence-corrected chi connectivity index (χ1v) is 6.40. The molecule has 4 heteroatoms. The fourth-order valence-corrected chi connectivity index (χ4v) is 2.17. The average Bonchev–Trinajstić information content (AvgIpc) is 2.83. The van der Waals surface area contributed by atoms with Gasteiger partial charge in [-0.25, -0.2) is 4.98 Å². The lowest BCUT2D eigenvalue weighted by Crippen LogP contribution is -1.91. The van der Waals surface area contributed by atoms with Crippen LogP contribution in [0.4, 0.5) is 0 Å².